The maximum atomic E-state index is 4.83. The Kier molecular flexibility index (Phi) is 5.79. The summed E-state index contributed by atoms with van der Waals surface area (Å²) >= 11 is 3.93. The number of thiazole rings is 1. The Morgan fingerprint density at radius 2 is 2.06 bits per heavy atom. The molecule has 0 radical (unpaired) electrons. The van der Waals surface area contributed by atoms with Crippen molar-refractivity contribution in [3.05, 3.63) is 10.6 Å². The smallest absolute Gasteiger partial charge is 0.185 e. The van der Waals surface area contributed by atoms with Gasteiger partial charge in [0.25, 0.3) is 0 Å². The average Bonchev–Trinajstić information content (AvgIpc) is 2.83. The minimum atomic E-state index is 0.983. The zero-order valence-corrected chi connectivity index (χ0v) is 13.0. The summed E-state index contributed by atoms with van der Waals surface area (Å²) in [5.74, 6) is 2.48. The lowest BCUT2D eigenvalue weighted by atomic mass is 10.3. The highest BCUT2D eigenvalue weighted by Crippen LogP contribution is 2.28. The van der Waals surface area contributed by atoms with Crippen LogP contribution in [0.4, 0.5) is 5.13 Å². The van der Waals surface area contributed by atoms with Gasteiger partial charge in [0, 0.05) is 36.0 Å². The molecule has 1 aromatic heterocycles. The van der Waals surface area contributed by atoms with Gasteiger partial charge >= 0.3 is 0 Å². The van der Waals surface area contributed by atoms with Crippen molar-refractivity contribution in [2.45, 2.75) is 33.2 Å². The summed E-state index contributed by atoms with van der Waals surface area (Å²) in [5, 5.41) is 4.73. The molecule has 1 aliphatic heterocycles. The summed E-state index contributed by atoms with van der Waals surface area (Å²) in [6, 6.07) is 0. The van der Waals surface area contributed by atoms with Crippen LogP contribution in [0.5, 0.6) is 0 Å². The standard InChI is InChI=1S/C13H23N3S2/c1-3-5-14-10-12-11(4-2)15-13(18-12)16-6-8-17-9-7-16/h14H,3-10H2,1-2H3. The highest BCUT2D eigenvalue weighted by atomic mass is 32.2. The van der Waals surface area contributed by atoms with Gasteiger partial charge < -0.3 is 10.2 Å². The molecule has 3 nitrogen and oxygen atoms in total. The van der Waals surface area contributed by atoms with E-state index in [0.717, 1.165) is 32.6 Å². The SMILES string of the molecule is CCCNCc1sc(N2CCSCC2)nc1CC. The van der Waals surface area contributed by atoms with Gasteiger partial charge in [0.2, 0.25) is 0 Å². The van der Waals surface area contributed by atoms with Crippen LogP contribution in [0, 0.1) is 0 Å². The van der Waals surface area contributed by atoms with Gasteiger partial charge in [-0.25, -0.2) is 4.98 Å². The van der Waals surface area contributed by atoms with Crippen LogP contribution in [0.15, 0.2) is 0 Å². The lowest BCUT2D eigenvalue weighted by Crippen LogP contribution is -2.32. The van der Waals surface area contributed by atoms with Crippen molar-refractivity contribution in [2.24, 2.45) is 0 Å². The summed E-state index contributed by atoms with van der Waals surface area (Å²) in [5.41, 5.74) is 1.29. The average molecular weight is 285 g/mol. The van der Waals surface area contributed by atoms with Gasteiger partial charge in [-0.2, -0.15) is 11.8 Å². The first kappa shape index (κ1) is 14.2. The molecule has 1 N–H and O–H groups in total. The maximum Gasteiger partial charge on any atom is 0.185 e. The van der Waals surface area contributed by atoms with E-state index in [9.17, 15) is 0 Å². The van der Waals surface area contributed by atoms with Crippen LogP contribution in [-0.2, 0) is 13.0 Å². The topological polar surface area (TPSA) is 28.2 Å². The molecule has 0 aliphatic carbocycles. The Balaban J connectivity index is 2.02. The minimum absolute atomic E-state index is 0.983. The van der Waals surface area contributed by atoms with E-state index in [1.165, 1.54) is 33.6 Å². The summed E-state index contributed by atoms with van der Waals surface area (Å²) in [4.78, 5) is 8.70. The highest BCUT2D eigenvalue weighted by molar-refractivity contribution is 7.99. The molecule has 1 aliphatic rings. The number of hydrogen-bond acceptors (Lipinski definition) is 5. The molecule has 0 aromatic carbocycles. The van der Waals surface area contributed by atoms with E-state index in [-0.39, 0.29) is 0 Å². The van der Waals surface area contributed by atoms with Crippen LogP contribution in [0.25, 0.3) is 0 Å². The Bertz CT molecular complexity index is 359. The number of nitrogens with one attached hydrogen (secondary N) is 1. The number of nitrogens with zero attached hydrogens (tertiary/aromatic N) is 2. The van der Waals surface area contributed by atoms with Crippen molar-refractivity contribution in [2.75, 3.05) is 36.0 Å². The molecule has 0 amide bonds. The molecule has 1 aromatic rings. The third-order valence-corrected chi connectivity index (χ3v) is 5.20. The van der Waals surface area contributed by atoms with E-state index in [1.807, 2.05) is 23.1 Å². The molecule has 102 valence electrons. The van der Waals surface area contributed by atoms with Crippen molar-refractivity contribution in [3.8, 4) is 0 Å². The normalized spacial score (nSPS) is 16.2. The van der Waals surface area contributed by atoms with Crippen LogP contribution in [0.2, 0.25) is 0 Å². The minimum Gasteiger partial charge on any atom is -0.346 e. The fourth-order valence-electron chi connectivity index (χ4n) is 2.05. The fraction of sp³-hybridized carbons (Fsp3) is 0.769. The largest absolute Gasteiger partial charge is 0.346 e. The molecule has 0 saturated carbocycles. The van der Waals surface area contributed by atoms with E-state index < -0.39 is 0 Å². The summed E-state index contributed by atoms with van der Waals surface area (Å²) in [7, 11) is 0. The lowest BCUT2D eigenvalue weighted by molar-refractivity contribution is 0.676. The summed E-state index contributed by atoms with van der Waals surface area (Å²) in [6.07, 6.45) is 2.23. The van der Waals surface area contributed by atoms with E-state index >= 15 is 0 Å². The molecule has 1 saturated heterocycles. The van der Waals surface area contributed by atoms with Gasteiger partial charge in [0.05, 0.1) is 5.69 Å². The number of aromatic nitrogens is 1. The number of thioether (sulfide) groups is 1. The van der Waals surface area contributed by atoms with Crippen molar-refractivity contribution in [1.29, 1.82) is 0 Å². The second-order valence-corrected chi connectivity index (χ2v) is 6.78. The Morgan fingerprint density at radius 3 is 2.72 bits per heavy atom. The van der Waals surface area contributed by atoms with Gasteiger partial charge in [-0.15, -0.1) is 11.3 Å². The highest BCUT2D eigenvalue weighted by Gasteiger charge is 2.17. The second-order valence-electron chi connectivity index (χ2n) is 4.50. The quantitative estimate of drug-likeness (QED) is 0.814. The summed E-state index contributed by atoms with van der Waals surface area (Å²) < 4.78 is 0. The van der Waals surface area contributed by atoms with Crippen LogP contribution in [-0.4, -0.2) is 36.1 Å². The number of hydrogen-bond donors (Lipinski definition) is 1. The van der Waals surface area contributed by atoms with Gasteiger partial charge in [0.15, 0.2) is 5.13 Å². The molecular formula is C13H23N3S2. The monoisotopic (exact) mass is 285 g/mol. The molecule has 2 rings (SSSR count). The lowest BCUT2D eigenvalue weighted by Gasteiger charge is -2.25. The molecule has 0 spiro atoms. The van der Waals surface area contributed by atoms with E-state index in [2.05, 4.69) is 24.1 Å². The number of aryl methyl sites for hydroxylation is 1. The zero-order valence-electron chi connectivity index (χ0n) is 11.4. The second kappa shape index (κ2) is 7.36. The van der Waals surface area contributed by atoms with Crippen molar-refractivity contribution in [1.82, 2.24) is 10.3 Å². The van der Waals surface area contributed by atoms with E-state index in [1.54, 1.807) is 0 Å². The third kappa shape index (κ3) is 3.62. The maximum absolute atomic E-state index is 4.83. The van der Waals surface area contributed by atoms with Crippen LogP contribution >= 0.6 is 23.1 Å². The zero-order chi connectivity index (χ0) is 12.8. The fourth-order valence-corrected chi connectivity index (χ4v) is 4.13. The van der Waals surface area contributed by atoms with Crippen molar-refractivity contribution in [3.63, 3.8) is 0 Å². The first-order valence-electron chi connectivity index (χ1n) is 6.87. The van der Waals surface area contributed by atoms with Gasteiger partial charge in [-0.1, -0.05) is 13.8 Å². The molecule has 0 unspecified atom stereocenters. The summed E-state index contributed by atoms with van der Waals surface area (Å²) in [6.45, 7) is 8.80. The van der Waals surface area contributed by atoms with Crippen molar-refractivity contribution < 1.29 is 0 Å². The van der Waals surface area contributed by atoms with Gasteiger partial charge in [0.1, 0.15) is 0 Å². The predicted octanol–water partition coefficient (Wildman–Crippen LogP) is 2.76. The Hall–Kier alpha value is -0.260. The molecule has 2 heterocycles. The molecule has 18 heavy (non-hydrogen) atoms. The van der Waals surface area contributed by atoms with Gasteiger partial charge in [-0.05, 0) is 19.4 Å². The first-order chi connectivity index (χ1) is 8.85. The predicted molar refractivity (Wildman–Crippen MR) is 83.0 cm³/mol. The molecule has 0 bridgehead atoms. The number of rotatable bonds is 6. The molecule has 0 atom stereocenters. The number of anilines is 1. The van der Waals surface area contributed by atoms with E-state index in [0.29, 0.717) is 0 Å². The van der Waals surface area contributed by atoms with Crippen LogP contribution < -0.4 is 10.2 Å². The molecular weight excluding hydrogens is 262 g/mol. The van der Waals surface area contributed by atoms with Crippen molar-refractivity contribution >= 4 is 28.2 Å². The molecule has 5 heteroatoms. The van der Waals surface area contributed by atoms with Crippen LogP contribution in [0.3, 0.4) is 0 Å². The molecule has 1 fully saturated rings. The van der Waals surface area contributed by atoms with Gasteiger partial charge in [-0.3, -0.25) is 0 Å². The van der Waals surface area contributed by atoms with E-state index in [4.69, 9.17) is 4.98 Å². The van der Waals surface area contributed by atoms with Crippen LogP contribution in [0.1, 0.15) is 30.8 Å². The Morgan fingerprint density at radius 1 is 1.28 bits per heavy atom. The first-order valence-corrected chi connectivity index (χ1v) is 8.84. The third-order valence-electron chi connectivity index (χ3n) is 3.10. The Labute approximate surface area is 118 Å².